The molecule has 0 saturated carbocycles. The van der Waals surface area contributed by atoms with Crippen LogP contribution in [0.2, 0.25) is 0 Å². The minimum absolute atomic E-state index is 0.168. The quantitative estimate of drug-likeness (QED) is 0.534. The molecule has 2 nitrogen and oxygen atoms in total. The third-order valence-electron chi connectivity index (χ3n) is 4.05. The van der Waals surface area contributed by atoms with E-state index in [4.69, 9.17) is 6.42 Å². The minimum atomic E-state index is 0.168. The molecule has 0 aromatic carbocycles. The summed E-state index contributed by atoms with van der Waals surface area (Å²) in [6.45, 7) is 6.79. The lowest BCUT2D eigenvalue weighted by molar-refractivity contribution is 0.394. The van der Waals surface area contributed by atoms with Crippen LogP contribution in [-0.4, -0.2) is 10.2 Å². The van der Waals surface area contributed by atoms with Crippen molar-refractivity contribution < 1.29 is 0 Å². The second kappa shape index (κ2) is 7.26. The lowest BCUT2D eigenvalue weighted by Gasteiger charge is -2.27. The zero-order chi connectivity index (χ0) is 13.4. The number of nitrogens with one attached hydrogen (secondary N) is 1. The van der Waals surface area contributed by atoms with Gasteiger partial charge in [0.25, 0.3) is 0 Å². The lowest BCUT2D eigenvalue weighted by atomic mass is 9.76. The SMILES string of the molecule is C#Cc1[nH]ncc1C(C)(CC)CCCCCCC. The highest BCUT2D eigenvalue weighted by atomic mass is 15.1. The maximum atomic E-state index is 5.52. The molecule has 2 heteroatoms. The summed E-state index contributed by atoms with van der Waals surface area (Å²) in [5.74, 6) is 2.71. The monoisotopic (exact) mass is 246 g/mol. The second-order valence-electron chi connectivity index (χ2n) is 5.38. The van der Waals surface area contributed by atoms with Gasteiger partial charge >= 0.3 is 0 Å². The molecule has 0 aliphatic rings. The molecular weight excluding hydrogens is 220 g/mol. The van der Waals surface area contributed by atoms with Crippen molar-refractivity contribution in [3.05, 3.63) is 17.5 Å². The fraction of sp³-hybridized carbons (Fsp3) is 0.688. The smallest absolute Gasteiger partial charge is 0.111 e. The van der Waals surface area contributed by atoms with Gasteiger partial charge in [0.1, 0.15) is 5.69 Å². The average Bonchev–Trinajstić information content (AvgIpc) is 2.87. The summed E-state index contributed by atoms with van der Waals surface area (Å²) in [5, 5.41) is 7.02. The van der Waals surface area contributed by atoms with Crippen molar-refractivity contribution in [1.29, 1.82) is 0 Å². The number of terminal acetylenes is 1. The van der Waals surface area contributed by atoms with Crippen LogP contribution in [0.4, 0.5) is 0 Å². The van der Waals surface area contributed by atoms with Crippen LogP contribution < -0.4 is 0 Å². The molecule has 0 aliphatic heterocycles. The molecule has 1 aromatic rings. The highest BCUT2D eigenvalue weighted by Gasteiger charge is 2.27. The van der Waals surface area contributed by atoms with E-state index >= 15 is 0 Å². The first-order chi connectivity index (χ1) is 8.68. The molecule has 1 aromatic heterocycles. The van der Waals surface area contributed by atoms with E-state index in [9.17, 15) is 0 Å². The Kier molecular flexibility index (Phi) is 5.98. The van der Waals surface area contributed by atoms with Gasteiger partial charge in [-0.25, -0.2) is 0 Å². The van der Waals surface area contributed by atoms with Crippen molar-refractivity contribution in [2.24, 2.45) is 0 Å². The molecular formula is C16H26N2. The number of nitrogens with zero attached hydrogens (tertiary/aromatic N) is 1. The van der Waals surface area contributed by atoms with Gasteiger partial charge in [-0.3, -0.25) is 5.10 Å². The van der Waals surface area contributed by atoms with Crippen molar-refractivity contribution in [3.63, 3.8) is 0 Å². The van der Waals surface area contributed by atoms with Gasteiger partial charge < -0.3 is 0 Å². The standard InChI is InChI=1S/C16H26N2/c1-5-8-9-10-11-12-16(4,7-3)14-13-17-18-15(14)6-2/h2,13H,5,7-12H2,1,3-4H3,(H,17,18). The van der Waals surface area contributed by atoms with E-state index < -0.39 is 0 Å². The topological polar surface area (TPSA) is 28.7 Å². The molecule has 1 N–H and O–H groups in total. The summed E-state index contributed by atoms with van der Waals surface area (Å²) >= 11 is 0. The number of unbranched alkanes of at least 4 members (excludes halogenated alkanes) is 4. The summed E-state index contributed by atoms with van der Waals surface area (Å²) in [7, 11) is 0. The Labute approximate surface area is 112 Å². The molecule has 18 heavy (non-hydrogen) atoms. The van der Waals surface area contributed by atoms with Crippen LogP contribution in [0, 0.1) is 12.3 Å². The second-order valence-corrected chi connectivity index (χ2v) is 5.38. The molecule has 1 rings (SSSR count). The Morgan fingerprint density at radius 2 is 2.00 bits per heavy atom. The van der Waals surface area contributed by atoms with Crippen LogP contribution >= 0.6 is 0 Å². The van der Waals surface area contributed by atoms with Crippen LogP contribution in [0.25, 0.3) is 0 Å². The summed E-state index contributed by atoms with van der Waals surface area (Å²) in [6.07, 6.45) is 16.3. The Hall–Kier alpha value is -1.23. The first-order valence-corrected chi connectivity index (χ1v) is 7.18. The molecule has 0 bridgehead atoms. The molecule has 0 aliphatic carbocycles. The van der Waals surface area contributed by atoms with Crippen molar-refractivity contribution in [2.75, 3.05) is 0 Å². The Bertz CT molecular complexity index is 386. The Morgan fingerprint density at radius 3 is 2.61 bits per heavy atom. The van der Waals surface area contributed by atoms with Crippen LogP contribution in [0.15, 0.2) is 6.20 Å². The predicted octanol–water partition coefficient (Wildman–Crippen LogP) is 4.42. The fourth-order valence-electron chi connectivity index (χ4n) is 2.47. The van der Waals surface area contributed by atoms with Crippen LogP contribution in [0.1, 0.15) is 77.0 Å². The van der Waals surface area contributed by atoms with Crippen molar-refractivity contribution >= 4 is 0 Å². The number of aromatic amines is 1. The molecule has 0 radical (unpaired) electrons. The molecule has 1 unspecified atom stereocenters. The zero-order valence-electron chi connectivity index (χ0n) is 12.1. The maximum Gasteiger partial charge on any atom is 0.111 e. The van der Waals surface area contributed by atoms with Crippen LogP contribution in [0.5, 0.6) is 0 Å². The van der Waals surface area contributed by atoms with Crippen LogP contribution in [-0.2, 0) is 5.41 Å². The van der Waals surface area contributed by atoms with Gasteiger partial charge in [0.15, 0.2) is 0 Å². The van der Waals surface area contributed by atoms with E-state index in [1.54, 1.807) is 0 Å². The third kappa shape index (κ3) is 3.63. The molecule has 1 heterocycles. The maximum absolute atomic E-state index is 5.52. The van der Waals surface area contributed by atoms with Gasteiger partial charge in [-0.1, -0.05) is 58.8 Å². The van der Waals surface area contributed by atoms with Crippen molar-refractivity contribution in [2.45, 2.75) is 71.1 Å². The van der Waals surface area contributed by atoms with Gasteiger partial charge in [0.05, 0.1) is 6.20 Å². The first-order valence-electron chi connectivity index (χ1n) is 7.18. The van der Waals surface area contributed by atoms with Gasteiger partial charge in [0.2, 0.25) is 0 Å². The van der Waals surface area contributed by atoms with Crippen molar-refractivity contribution in [3.8, 4) is 12.3 Å². The highest BCUT2D eigenvalue weighted by Crippen LogP contribution is 2.34. The Morgan fingerprint density at radius 1 is 1.28 bits per heavy atom. The van der Waals surface area contributed by atoms with Crippen molar-refractivity contribution in [1.82, 2.24) is 10.2 Å². The summed E-state index contributed by atoms with van der Waals surface area (Å²) in [6, 6.07) is 0. The molecule has 0 amide bonds. The Balaban J connectivity index is 2.60. The van der Waals surface area contributed by atoms with E-state index in [-0.39, 0.29) is 5.41 Å². The lowest BCUT2D eigenvalue weighted by Crippen LogP contribution is -2.21. The number of aromatic nitrogens is 2. The summed E-state index contributed by atoms with van der Waals surface area (Å²) < 4.78 is 0. The number of H-pyrrole nitrogens is 1. The van der Waals surface area contributed by atoms with Gasteiger partial charge in [-0.2, -0.15) is 5.10 Å². The largest absolute Gasteiger partial charge is 0.270 e. The molecule has 0 spiro atoms. The normalized spacial score (nSPS) is 14.1. The highest BCUT2D eigenvalue weighted by molar-refractivity contribution is 5.37. The number of rotatable bonds is 8. The fourth-order valence-corrected chi connectivity index (χ4v) is 2.47. The molecule has 0 saturated heterocycles. The van der Waals surface area contributed by atoms with E-state index in [1.165, 1.54) is 44.1 Å². The van der Waals surface area contributed by atoms with Gasteiger partial charge in [-0.05, 0) is 18.3 Å². The van der Waals surface area contributed by atoms with E-state index in [0.717, 1.165) is 12.1 Å². The third-order valence-corrected chi connectivity index (χ3v) is 4.05. The van der Waals surface area contributed by atoms with Gasteiger partial charge in [0, 0.05) is 5.56 Å². The van der Waals surface area contributed by atoms with E-state index in [1.807, 2.05) is 6.20 Å². The summed E-state index contributed by atoms with van der Waals surface area (Å²) in [4.78, 5) is 0. The number of hydrogen-bond acceptors (Lipinski definition) is 1. The summed E-state index contributed by atoms with van der Waals surface area (Å²) in [5.41, 5.74) is 2.23. The average molecular weight is 246 g/mol. The molecule has 1 atom stereocenters. The zero-order valence-corrected chi connectivity index (χ0v) is 12.1. The van der Waals surface area contributed by atoms with Crippen LogP contribution in [0.3, 0.4) is 0 Å². The first kappa shape index (κ1) is 14.8. The minimum Gasteiger partial charge on any atom is -0.270 e. The van der Waals surface area contributed by atoms with Gasteiger partial charge in [-0.15, -0.1) is 6.42 Å². The number of hydrogen-bond donors (Lipinski definition) is 1. The molecule has 0 fully saturated rings. The van der Waals surface area contributed by atoms with E-state index in [2.05, 4.69) is 36.9 Å². The predicted molar refractivity (Wildman–Crippen MR) is 77.5 cm³/mol. The van der Waals surface area contributed by atoms with E-state index in [0.29, 0.717) is 0 Å². The molecule has 100 valence electrons.